The molecule has 2 rings (SSSR count). The Morgan fingerprint density at radius 3 is 2.48 bits per heavy atom. The van der Waals surface area contributed by atoms with Crippen molar-refractivity contribution in [2.75, 3.05) is 4.72 Å². The van der Waals surface area contributed by atoms with Gasteiger partial charge < -0.3 is 0 Å². The molecule has 0 radical (unpaired) electrons. The Morgan fingerprint density at radius 2 is 1.90 bits per heavy atom. The number of sulfonamides is 1. The number of hydrogen-bond acceptors (Lipinski definition) is 6. The number of nitro groups is 1. The van der Waals surface area contributed by atoms with E-state index in [1.54, 1.807) is 0 Å². The van der Waals surface area contributed by atoms with Crippen LogP contribution in [0.3, 0.4) is 0 Å². The molecular formula is C10H6ClFN4O4S. The number of nitrogens with one attached hydrogen (secondary N) is 1. The van der Waals surface area contributed by atoms with E-state index in [4.69, 9.17) is 11.6 Å². The maximum absolute atomic E-state index is 13.2. The predicted octanol–water partition coefficient (Wildman–Crippen LogP) is 1.98. The Bertz CT molecular complexity index is 797. The molecule has 0 aliphatic rings. The number of nitro benzene ring substituents is 1. The molecule has 0 saturated heterocycles. The maximum atomic E-state index is 13.2. The second kappa shape index (κ2) is 5.58. The summed E-state index contributed by atoms with van der Waals surface area (Å²) in [7, 11) is -4.06. The quantitative estimate of drug-likeness (QED) is 0.520. The summed E-state index contributed by atoms with van der Waals surface area (Å²) in [4.78, 5) is 16.4. The first kappa shape index (κ1) is 15.1. The molecule has 0 amide bonds. The van der Waals surface area contributed by atoms with Crippen LogP contribution in [0.4, 0.5) is 15.8 Å². The van der Waals surface area contributed by atoms with Crippen molar-refractivity contribution in [3.05, 3.63) is 51.8 Å². The Kier molecular flexibility index (Phi) is 4.00. The molecule has 2 aromatic rings. The standard InChI is InChI=1S/C10H6ClFN4O4S/c11-10-13-4-7(5-14-10)21(19,20)15-6-1-2-8(12)9(3-6)16(17)18/h1-5,15H. The molecule has 1 aromatic heterocycles. The smallest absolute Gasteiger partial charge is 0.279 e. The highest BCUT2D eigenvalue weighted by molar-refractivity contribution is 7.92. The van der Waals surface area contributed by atoms with Crippen molar-refractivity contribution in [3.63, 3.8) is 0 Å². The summed E-state index contributed by atoms with van der Waals surface area (Å²) in [6, 6.07) is 2.61. The van der Waals surface area contributed by atoms with Crippen molar-refractivity contribution in [3.8, 4) is 0 Å². The number of halogens is 2. The predicted molar refractivity (Wildman–Crippen MR) is 70.9 cm³/mol. The Hall–Kier alpha value is -2.33. The van der Waals surface area contributed by atoms with E-state index in [9.17, 15) is 22.9 Å². The van der Waals surface area contributed by atoms with E-state index < -0.39 is 26.5 Å². The Balaban J connectivity index is 2.35. The summed E-state index contributed by atoms with van der Waals surface area (Å²) in [6.45, 7) is 0. The molecule has 0 saturated carbocycles. The highest BCUT2D eigenvalue weighted by atomic mass is 35.5. The van der Waals surface area contributed by atoms with Gasteiger partial charge in [-0.3, -0.25) is 14.8 Å². The van der Waals surface area contributed by atoms with Crippen LogP contribution < -0.4 is 4.72 Å². The third kappa shape index (κ3) is 3.41. The first-order valence-electron chi connectivity index (χ1n) is 5.24. The minimum atomic E-state index is -4.06. The van der Waals surface area contributed by atoms with Crippen molar-refractivity contribution in [2.24, 2.45) is 0 Å². The van der Waals surface area contributed by atoms with E-state index in [2.05, 4.69) is 14.7 Å². The number of rotatable bonds is 4. The molecule has 0 aliphatic heterocycles. The van der Waals surface area contributed by atoms with E-state index in [-0.39, 0.29) is 15.9 Å². The van der Waals surface area contributed by atoms with Gasteiger partial charge >= 0.3 is 5.69 Å². The second-order valence-corrected chi connectivity index (χ2v) is 5.74. The number of hydrogen-bond donors (Lipinski definition) is 1. The summed E-state index contributed by atoms with van der Waals surface area (Å²) in [5, 5.41) is 10.5. The van der Waals surface area contributed by atoms with Crippen LogP contribution in [0.5, 0.6) is 0 Å². The molecule has 0 fully saturated rings. The van der Waals surface area contributed by atoms with Crippen LogP contribution in [0.15, 0.2) is 35.5 Å². The molecule has 21 heavy (non-hydrogen) atoms. The van der Waals surface area contributed by atoms with Crippen LogP contribution in [-0.4, -0.2) is 23.3 Å². The molecule has 0 aliphatic carbocycles. The van der Waals surface area contributed by atoms with Crippen molar-refractivity contribution < 1.29 is 17.7 Å². The fourth-order valence-corrected chi connectivity index (χ4v) is 2.41. The molecule has 1 heterocycles. The lowest BCUT2D eigenvalue weighted by molar-refractivity contribution is -0.387. The topological polar surface area (TPSA) is 115 Å². The maximum Gasteiger partial charge on any atom is 0.306 e. The molecule has 0 unspecified atom stereocenters. The van der Waals surface area contributed by atoms with Gasteiger partial charge in [0.2, 0.25) is 11.1 Å². The largest absolute Gasteiger partial charge is 0.306 e. The van der Waals surface area contributed by atoms with Crippen LogP contribution in [-0.2, 0) is 10.0 Å². The summed E-state index contributed by atoms with van der Waals surface area (Å²) < 4.78 is 39.2. The van der Waals surface area contributed by atoms with Gasteiger partial charge in [0.05, 0.1) is 23.0 Å². The van der Waals surface area contributed by atoms with Crippen LogP contribution in [0.25, 0.3) is 0 Å². The summed E-state index contributed by atoms with van der Waals surface area (Å²) in [5.41, 5.74) is -1.01. The zero-order valence-electron chi connectivity index (χ0n) is 10.0. The molecule has 0 bridgehead atoms. The molecule has 1 aromatic carbocycles. The van der Waals surface area contributed by atoms with E-state index in [0.717, 1.165) is 30.6 Å². The van der Waals surface area contributed by atoms with Gasteiger partial charge in [-0.2, -0.15) is 4.39 Å². The fraction of sp³-hybridized carbons (Fsp3) is 0. The monoisotopic (exact) mass is 332 g/mol. The summed E-state index contributed by atoms with van der Waals surface area (Å²) >= 11 is 5.44. The Labute approximate surface area is 122 Å². The van der Waals surface area contributed by atoms with E-state index >= 15 is 0 Å². The van der Waals surface area contributed by atoms with Gasteiger partial charge in [0.1, 0.15) is 4.90 Å². The number of benzene rings is 1. The van der Waals surface area contributed by atoms with E-state index in [1.165, 1.54) is 0 Å². The number of anilines is 1. The van der Waals surface area contributed by atoms with Gasteiger partial charge in [-0.1, -0.05) is 0 Å². The Morgan fingerprint density at radius 1 is 1.29 bits per heavy atom. The lowest BCUT2D eigenvalue weighted by Crippen LogP contribution is -2.14. The average molecular weight is 333 g/mol. The van der Waals surface area contributed by atoms with Gasteiger partial charge in [-0.25, -0.2) is 18.4 Å². The lowest BCUT2D eigenvalue weighted by atomic mass is 10.3. The third-order valence-corrected chi connectivity index (χ3v) is 3.83. The molecule has 0 spiro atoms. The molecule has 11 heteroatoms. The van der Waals surface area contributed by atoms with Gasteiger partial charge in [0.15, 0.2) is 0 Å². The first-order chi connectivity index (χ1) is 9.79. The average Bonchev–Trinajstić information content (AvgIpc) is 2.41. The van der Waals surface area contributed by atoms with Crippen molar-refractivity contribution >= 4 is 33.0 Å². The van der Waals surface area contributed by atoms with Crippen molar-refractivity contribution in [1.29, 1.82) is 0 Å². The summed E-state index contributed by atoms with van der Waals surface area (Å²) in [6.07, 6.45) is 1.94. The minimum Gasteiger partial charge on any atom is -0.279 e. The lowest BCUT2D eigenvalue weighted by Gasteiger charge is -2.07. The summed E-state index contributed by atoms with van der Waals surface area (Å²) in [5.74, 6) is -1.07. The first-order valence-corrected chi connectivity index (χ1v) is 7.10. The third-order valence-electron chi connectivity index (χ3n) is 2.30. The van der Waals surface area contributed by atoms with Crippen LogP contribution in [0.1, 0.15) is 0 Å². The minimum absolute atomic E-state index is 0.133. The second-order valence-electron chi connectivity index (χ2n) is 3.72. The van der Waals surface area contributed by atoms with Crippen LogP contribution >= 0.6 is 11.6 Å². The van der Waals surface area contributed by atoms with Gasteiger partial charge in [-0.15, -0.1) is 0 Å². The highest BCUT2D eigenvalue weighted by Gasteiger charge is 2.19. The SMILES string of the molecule is O=[N+]([O-])c1cc(NS(=O)(=O)c2cnc(Cl)nc2)ccc1F. The number of aromatic nitrogens is 2. The zero-order chi connectivity index (χ0) is 15.6. The van der Waals surface area contributed by atoms with Gasteiger partial charge in [-0.05, 0) is 23.7 Å². The highest BCUT2D eigenvalue weighted by Crippen LogP contribution is 2.23. The van der Waals surface area contributed by atoms with Crippen molar-refractivity contribution in [2.45, 2.75) is 4.90 Å². The zero-order valence-corrected chi connectivity index (χ0v) is 11.6. The van der Waals surface area contributed by atoms with Gasteiger partial charge in [0, 0.05) is 6.07 Å². The van der Waals surface area contributed by atoms with Crippen molar-refractivity contribution in [1.82, 2.24) is 9.97 Å². The molecule has 1 N–H and O–H groups in total. The molecule has 0 atom stereocenters. The molecular weight excluding hydrogens is 327 g/mol. The normalized spacial score (nSPS) is 11.1. The van der Waals surface area contributed by atoms with E-state index in [1.807, 2.05) is 0 Å². The van der Waals surface area contributed by atoms with E-state index in [0.29, 0.717) is 0 Å². The molecule has 8 nitrogen and oxygen atoms in total. The van der Waals surface area contributed by atoms with Crippen LogP contribution in [0, 0.1) is 15.9 Å². The fourth-order valence-electron chi connectivity index (χ4n) is 1.37. The molecule has 110 valence electrons. The van der Waals surface area contributed by atoms with Gasteiger partial charge in [0.25, 0.3) is 10.0 Å². The van der Waals surface area contributed by atoms with Crippen LogP contribution in [0.2, 0.25) is 5.28 Å². The number of nitrogens with zero attached hydrogens (tertiary/aromatic N) is 3.